The van der Waals surface area contributed by atoms with Gasteiger partial charge in [-0.15, -0.1) is 11.8 Å². The summed E-state index contributed by atoms with van der Waals surface area (Å²) < 4.78 is -1.13. The number of aliphatic hydroxyl groups excluding tert-OH is 1. The Bertz CT molecular complexity index is 982. The van der Waals surface area contributed by atoms with Crippen LogP contribution in [0.15, 0.2) is 18.2 Å². The van der Waals surface area contributed by atoms with Gasteiger partial charge in [0.2, 0.25) is 17.7 Å². The number of para-hydroxylation sites is 1. The van der Waals surface area contributed by atoms with Gasteiger partial charge >= 0.3 is 0 Å². The number of aryl methyl sites for hydroxylation is 1. The van der Waals surface area contributed by atoms with Gasteiger partial charge in [0.05, 0.1) is 39.9 Å². The van der Waals surface area contributed by atoms with Crippen molar-refractivity contribution in [3.63, 3.8) is 0 Å². The average Bonchev–Trinajstić information content (AvgIpc) is 3.37. The maximum Gasteiger partial charge on any atom is 0.248 e. The summed E-state index contributed by atoms with van der Waals surface area (Å²) in [5, 5.41) is 16.5. The average molecular weight is 508 g/mol. The van der Waals surface area contributed by atoms with Gasteiger partial charge in [-0.3, -0.25) is 14.4 Å². The smallest absolute Gasteiger partial charge is 0.248 e. The zero-order valence-electron chi connectivity index (χ0n) is 20.2. The van der Waals surface area contributed by atoms with Gasteiger partial charge in [-0.2, -0.15) is 0 Å². The lowest BCUT2D eigenvalue weighted by Gasteiger charge is -2.36. The molecular formula is C25H34ClN3O4S. The maximum absolute atomic E-state index is 14.0. The number of aliphatic hydroxyl groups is 1. The van der Waals surface area contributed by atoms with E-state index in [1.807, 2.05) is 32.9 Å². The van der Waals surface area contributed by atoms with E-state index in [0.29, 0.717) is 30.1 Å². The molecule has 9 heteroatoms. The van der Waals surface area contributed by atoms with Crippen LogP contribution in [0.2, 0.25) is 5.02 Å². The standard InChI is InChI=1S/C25H34ClN3O4S/c1-5-12-27-21(31)17-18-23(33)29(15(6-2)13-30)20(25(18)11-10-24(17,4)34-25)22(32)28-19-14(3)8-7-9-16(19)26/h7-9,15,17-18,20,30H,5-6,10-13H2,1-4H3,(H,27,31)(H,28,32)/t15-,17-,18-,20?,24+,25?/m0/s1. The monoisotopic (exact) mass is 507 g/mol. The summed E-state index contributed by atoms with van der Waals surface area (Å²) in [6.45, 7) is 8.12. The van der Waals surface area contributed by atoms with Crippen molar-refractivity contribution in [1.29, 1.82) is 0 Å². The number of hydrogen-bond acceptors (Lipinski definition) is 5. The second kappa shape index (κ2) is 9.36. The maximum atomic E-state index is 14.0. The van der Waals surface area contributed by atoms with Crippen molar-refractivity contribution in [2.24, 2.45) is 11.8 Å². The highest BCUT2D eigenvalue weighted by Crippen LogP contribution is 2.71. The van der Waals surface area contributed by atoms with Crippen LogP contribution in [0.5, 0.6) is 0 Å². The van der Waals surface area contributed by atoms with Crippen LogP contribution >= 0.6 is 23.4 Å². The van der Waals surface area contributed by atoms with Crippen LogP contribution in [0.1, 0.15) is 52.0 Å². The van der Waals surface area contributed by atoms with E-state index in [1.165, 1.54) is 0 Å². The van der Waals surface area contributed by atoms with E-state index in [2.05, 4.69) is 17.6 Å². The SMILES string of the molecule is CCCNC(=O)[C@@H]1[C@H]2C(=O)N([C@@H](CC)CO)C(C(=O)Nc3c(C)cccc3Cl)C23CC[C@@]1(C)S3. The first-order chi connectivity index (χ1) is 16.1. The predicted molar refractivity (Wildman–Crippen MR) is 135 cm³/mol. The molecule has 1 aromatic rings. The number of amides is 3. The van der Waals surface area contributed by atoms with E-state index >= 15 is 0 Å². The van der Waals surface area contributed by atoms with Gasteiger partial charge in [0.25, 0.3) is 0 Å². The van der Waals surface area contributed by atoms with Crippen LogP contribution in [-0.4, -0.2) is 62.5 Å². The van der Waals surface area contributed by atoms with E-state index in [0.717, 1.165) is 18.4 Å². The molecule has 7 nitrogen and oxygen atoms in total. The molecule has 3 aliphatic heterocycles. The molecule has 3 N–H and O–H groups in total. The Morgan fingerprint density at radius 1 is 1.29 bits per heavy atom. The van der Waals surface area contributed by atoms with Crippen molar-refractivity contribution in [3.05, 3.63) is 28.8 Å². The molecule has 2 bridgehead atoms. The zero-order valence-corrected chi connectivity index (χ0v) is 21.8. The minimum absolute atomic E-state index is 0.114. The van der Waals surface area contributed by atoms with E-state index in [1.54, 1.807) is 22.7 Å². The largest absolute Gasteiger partial charge is 0.394 e. The van der Waals surface area contributed by atoms with Gasteiger partial charge in [-0.1, -0.05) is 37.6 Å². The van der Waals surface area contributed by atoms with E-state index in [4.69, 9.17) is 11.6 Å². The molecule has 0 radical (unpaired) electrons. The number of rotatable bonds is 8. The van der Waals surface area contributed by atoms with Crippen molar-refractivity contribution in [2.45, 2.75) is 75.0 Å². The molecule has 3 fully saturated rings. The van der Waals surface area contributed by atoms with Crippen LogP contribution < -0.4 is 10.6 Å². The Balaban J connectivity index is 1.77. The Hall–Kier alpha value is -1.77. The number of fused-ring (bicyclic) bond motifs is 1. The molecular weight excluding hydrogens is 474 g/mol. The third-order valence-electron chi connectivity index (χ3n) is 7.84. The number of nitrogens with one attached hydrogen (secondary N) is 2. The van der Waals surface area contributed by atoms with Crippen molar-refractivity contribution in [1.82, 2.24) is 10.2 Å². The molecule has 3 saturated heterocycles. The second-order valence-electron chi connectivity index (χ2n) is 9.93. The zero-order chi connectivity index (χ0) is 24.8. The summed E-state index contributed by atoms with van der Waals surface area (Å²) in [6.07, 6.45) is 2.74. The summed E-state index contributed by atoms with van der Waals surface area (Å²) in [4.78, 5) is 42.8. The fourth-order valence-corrected chi connectivity index (χ4v) is 8.82. The first kappa shape index (κ1) is 25.3. The third-order valence-corrected chi connectivity index (χ3v) is 10.1. The number of halogens is 1. The number of likely N-dealkylation sites (tertiary alicyclic amines) is 1. The highest BCUT2D eigenvalue weighted by atomic mass is 35.5. The van der Waals surface area contributed by atoms with Gasteiger partial charge in [0, 0.05) is 11.3 Å². The van der Waals surface area contributed by atoms with Crippen molar-refractivity contribution in [2.75, 3.05) is 18.5 Å². The van der Waals surface area contributed by atoms with Crippen LogP contribution in [0, 0.1) is 18.8 Å². The molecule has 0 aliphatic carbocycles. The number of nitrogens with zero attached hydrogens (tertiary/aromatic N) is 1. The summed E-state index contributed by atoms with van der Waals surface area (Å²) >= 11 is 8.02. The minimum Gasteiger partial charge on any atom is -0.394 e. The fraction of sp³-hybridized carbons (Fsp3) is 0.640. The molecule has 2 unspecified atom stereocenters. The number of carbonyl (C=O) groups excluding carboxylic acids is 3. The number of thioether (sulfide) groups is 1. The summed E-state index contributed by atoms with van der Waals surface area (Å²) in [5.74, 6) is -1.74. The van der Waals surface area contributed by atoms with Gasteiger partial charge < -0.3 is 20.6 Å². The summed E-state index contributed by atoms with van der Waals surface area (Å²) in [7, 11) is 0. The predicted octanol–water partition coefficient (Wildman–Crippen LogP) is 3.37. The molecule has 4 rings (SSSR count). The van der Waals surface area contributed by atoms with Crippen LogP contribution in [0.3, 0.4) is 0 Å². The molecule has 0 saturated carbocycles. The number of hydrogen-bond donors (Lipinski definition) is 3. The van der Waals surface area contributed by atoms with Crippen molar-refractivity contribution >= 4 is 46.8 Å². The number of carbonyl (C=O) groups is 3. The lowest BCUT2D eigenvalue weighted by atomic mass is 9.66. The molecule has 3 amide bonds. The highest BCUT2D eigenvalue weighted by Gasteiger charge is 2.77. The Morgan fingerprint density at radius 2 is 2.03 bits per heavy atom. The Morgan fingerprint density at radius 3 is 2.65 bits per heavy atom. The lowest BCUT2D eigenvalue weighted by molar-refractivity contribution is -0.142. The third kappa shape index (κ3) is 3.73. The lowest BCUT2D eigenvalue weighted by Crippen LogP contribution is -2.54. The number of benzene rings is 1. The molecule has 1 spiro atoms. The number of anilines is 1. The molecule has 186 valence electrons. The van der Waals surface area contributed by atoms with E-state index in [9.17, 15) is 19.5 Å². The van der Waals surface area contributed by atoms with Crippen LogP contribution in [0.25, 0.3) is 0 Å². The first-order valence-electron chi connectivity index (χ1n) is 12.1. The van der Waals surface area contributed by atoms with Gasteiger partial charge in [0.1, 0.15) is 6.04 Å². The molecule has 3 heterocycles. The normalized spacial score (nSPS) is 32.6. The highest BCUT2D eigenvalue weighted by molar-refractivity contribution is 8.02. The van der Waals surface area contributed by atoms with Gasteiger partial charge in [-0.05, 0) is 51.2 Å². The van der Waals surface area contributed by atoms with Gasteiger partial charge in [-0.25, -0.2) is 0 Å². The van der Waals surface area contributed by atoms with Crippen molar-refractivity contribution < 1.29 is 19.5 Å². The van der Waals surface area contributed by atoms with E-state index < -0.39 is 33.4 Å². The van der Waals surface area contributed by atoms with Gasteiger partial charge in [0.15, 0.2) is 0 Å². The quantitative estimate of drug-likeness (QED) is 0.501. The molecule has 3 aliphatic rings. The molecule has 6 atom stereocenters. The second-order valence-corrected chi connectivity index (χ2v) is 12.2. The minimum atomic E-state index is -0.798. The van der Waals surface area contributed by atoms with Crippen LogP contribution in [0.4, 0.5) is 5.69 Å². The summed E-state index contributed by atoms with van der Waals surface area (Å²) in [6, 6.07) is 4.11. The fourth-order valence-electron chi connectivity index (χ4n) is 6.21. The summed E-state index contributed by atoms with van der Waals surface area (Å²) in [5.41, 5.74) is 1.35. The first-order valence-corrected chi connectivity index (χ1v) is 13.3. The van der Waals surface area contributed by atoms with Crippen molar-refractivity contribution in [3.8, 4) is 0 Å². The Kier molecular flexibility index (Phi) is 6.97. The molecule has 0 aromatic heterocycles. The topological polar surface area (TPSA) is 98.7 Å². The molecule has 1 aromatic carbocycles. The van der Waals surface area contributed by atoms with Crippen LogP contribution in [-0.2, 0) is 14.4 Å². The van der Waals surface area contributed by atoms with E-state index in [-0.39, 0.29) is 24.3 Å². The molecule has 34 heavy (non-hydrogen) atoms. The Labute approximate surface area is 210 Å².